The number of hydrogen-bond acceptors (Lipinski definition) is 4. The highest BCUT2D eigenvalue weighted by molar-refractivity contribution is 7.98. The van der Waals surface area contributed by atoms with Crippen LogP contribution in [0, 0.1) is 17.1 Å². The summed E-state index contributed by atoms with van der Waals surface area (Å²) in [7, 11) is 0. The van der Waals surface area contributed by atoms with Gasteiger partial charge in [-0.2, -0.15) is 5.26 Å². The molecule has 0 unspecified atom stereocenters. The van der Waals surface area contributed by atoms with E-state index in [2.05, 4.69) is 9.97 Å². The first-order valence-corrected chi connectivity index (χ1v) is 5.56. The number of nitrogens with one attached hydrogen (secondary N) is 1. The van der Waals surface area contributed by atoms with Crippen molar-refractivity contribution < 1.29 is 4.39 Å². The van der Waals surface area contributed by atoms with Gasteiger partial charge in [0.15, 0.2) is 5.16 Å². The first-order chi connectivity index (χ1) is 7.67. The molecule has 1 N–H and O–H groups in total. The Kier molecular flexibility index (Phi) is 2.62. The van der Waals surface area contributed by atoms with Crippen molar-refractivity contribution in [3.8, 4) is 6.07 Å². The van der Waals surface area contributed by atoms with E-state index < -0.39 is 11.4 Å². The van der Waals surface area contributed by atoms with E-state index >= 15 is 0 Å². The minimum absolute atomic E-state index is 0.000278. The van der Waals surface area contributed by atoms with Crippen molar-refractivity contribution in [2.45, 2.75) is 5.16 Å². The van der Waals surface area contributed by atoms with Crippen LogP contribution in [0.15, 0.2) is 22.1 Å². The lowest BCUT2D eigenvalue weighted by Gasteiger charge is -2.02. The topological polar surface area (TPSA) is 69.5 Å². The molecule has 2 rings (SSSR count). The molecule has 0 amide bonds. The highest BCUT2D eigenvalue weighted by Crippen LogP contribution is 2.18. The Morgan fingerprint density at radius 3 is 2.94 bits per heavy atom. The van der Waals surface area contributed by atoms with Gasteiger partial charge in [-0.15, -0.1) is 0 Å². The number of nitriles is 1. The minimum atomic E-state index is -0.601. The number of nitrogens with zero attached hydrogens (tertiary/aromatic N) is 2. The highest BCUT2D eigenvalue weighted by atomic mass is 32.2. The molecule has 6 heteroatoms. The summed E-state index contributed by atoms with van der Waals surface area (Å²) in [5, 5.41) is 9.14. The number of H-pyrrole nitrogens is 1. The number of fused-ring (bicyclic) bond motifs is 1. The van der Waals surface area contributed by atoms with E-state index in [1.807, 2.05) is 6.07 Å². The number of benzene rings is 1. The van der Waals surface area contributed by atoms with Gasteiger partial charge in [0.2, 0.25) is 0 Å². The Morgan fingerprint density at radius 2 is 2.31 bits per heavy atom. The fraction of sp³-hybridized carbons (Fsp3) is 0.100. The number of aromatic nitrogens is 2. The second-order valence-electron chi connectivity index (χ2n) is 3.01. The number of rotatable bonds is 1. The Balaban J connectivity index is 3.00. The van der Waals surface area contributed by atoms with Gasteiger partial charge in [0.1, 0.15) is 17.4 Å². The maximum absolute atomic E-state index is 13.5. The van der Waals surface area contributed by atoms with Crippen LogP contribution in [0.25, 0.3) is 10.9 Å². The zero-order valence-corrected chi connectivity index (χ0v) is 9.06. The van der Waals surface area contributed by atoms with Gasteiger partial charge in [-0.05, 0) is 18.4 Å². The zero-order valence-electron chi connectivity index (χ0n) is 8.24. The average molecular weight is 235 g/mol. The van der Waals surface area contributed by atoms with Crippen LogP contribution in [0.5, 0.6) is 0 Å². The van der Waals surface area contributed by atoms with E-state index in [1.165, 1.54) is 17.8 Å². The third-order valence-electron chi connectivity index (χ3n) is 2.10. The largest absolute Gasteiger partial charge is 0.301 e. The predicted molar refractivity (Wildman–Crippen MR) is 58.8 cm³/mol. The third kappa shape index (κ3) is 1.55. The van der Waals surface area contributed by atoms with E-state index in [1.54, 1.807) is 6.26 Å². The van der Waals surface area contributed by atoms with Gasteiger partial charge in [0.05, 0.1) is 10.9 Å². The fourth-order valence-corrected chi connectivity index (χ4v) is 1.76. The molecule has 2 aromatic rings. The molecule has 0 aliphatic heterocycles. The second kappa shape index (κ2) is 3.94. The van der Waals surface area contributed by atoms with Crippen LogP contribution in [0.4, 0.5) is 4.39 Å². The second-order valence-corrected chi connectivity index (χ2v) is 3.80. The Hall–Kier alpha value is -1.87. The van der Waals surface area contributed by atoms with Crippen LogP contribution in [0.3, 0.4) is 0 Å². The number of halogens is 1. The molecule has 0 aliphatic carbocycles. The van der Waals surface area contributed by atoms with Crippen LogP contribution in [-0.4, -0.2) is 16.2 Å². The van der Waals surface area contributed by atoms with E-state index in [9.17, 15) is 9.18 Å². The Labute approximate surface area is 94.1 Å². The standard InChI is InChI=1S/C10H6FN3OS/c1-16-10-13-8-6(11)3-2-5(4-12)7(8)9(15)14-10/h2-3H,1H3,(H,13,14,15). The maximum Gasteiger partial charge on any atom is 0.260 e. The molecule has 0 spiro atoms. The van der Waals surface area contributed by atoms with Crippen LogP contribution in [0.1, 0.15) is 5.56 Å². The molecule has 0 saturated heterocycles. The van der Waals surface area contributed by atoms with E-state index in [4.69, 9.17) is 5.26 Å². The third-order valence-corrected chi connectivity index (χ3v) is 2.68. The summed E-state index contributed by atoms with van der Waals surface area (Å²) in [6, 6.07) is 4.25. The van der Waals surface area contributed by atoms with Crippen LogP contribution in [-0.2, 0) is 0 Å². The van der Waals surface area contributed by atoms with Crippen molar-refractivity contribution in [1.29, 1.82) is 5.26 Å². The molecule has 0 fully saturated rings. The van der Waals surface area contributed by atoms with Crippen molar-refractivity contribution in [3.63, 3.8) is 0 Å². The Bertz CT molecular complexity index is 659. The van der Waals surface area contributed by atoms with E-state index in [0.717, 1.165) is 6.07 Å². The summed E-state index contributed by atoms with van der Waals surface area (Å²) >= 11 is 1.20. The van der Waals surface area contributed by atoms with Crippen molar-refractivity contribution in [1.82, 2.24) is 9.97 Å². The fourth-order valence-electron chi connectivity index (χ4n) is 1.38. The summed E-state index contributed by atoms with van der Waals surface area (Å²) in [5.41, 5.74) is -0.435. The molecular formula is C10H6FN3OS. The predicted octanol–water partition coefficient (Wildman–Crippen LogP) is 1.66. The normalized spacial score (nSPS) is 10.3. The van der Waals surface area contributed by atoms with Crippen molar-refractivity contribution in [2.24, 2.45) is 0 Å². The van der Waals surface area contributed by atoms with E-state index in [-0.39, 0.29) is 16.5 Å². The molecular weight excluding hydrogens is 229 g/mol. The van der Waals surface area contributed by atoms with Gasteiger partial charge in [-0.1, -0.05) is 11.8 Å². The van der Waals surface area contributed by atoms with Crippen molar-refractivity contribution in [2.75, 3.05) is 6.26 Å². The molecule has 1 aromatic carbocycles. The average Bonchev–Trinajstić information content (AvgIpc) is 2.30. The van der Waals surface area contributed by atoms with Gasteiger partial charge in [0, 0.05) is 0 Å². The molecule has 4 nitrogen and oxygen atoms in total. The van der Waals surface area contributed by atoms with Crippen LogP contribution in [0.2, 0.25) is 0 Å². The van der Waals surface area contributed by atoms with Crippen LogP contribution >= 0.6 is 11.8 Å². The van der Waals surface area contributed by atoms with Crippen molar-refractivity contribution >= 4 is 22.7 Å². The SMILES string of the molecule is CSc1nc2c(F)ccc(C#N)c2c(=O)[nH]1. The lowest BCUT2D eigenvalue weighted by Crippen LogP contribution is -2.11. The zero-order chi connectivity index (χ0) is 11.7. The lowest BCUT2D eigenvalue weighted by atomic mass is 10.1. The lowest BCUT2D eigenvalue weighted by molar-refractivity contribution is 0.634. The number of thioether (sulfide) groups is 1. The highest BCUT2D eigenvalue weighted by Gasteiger charge is 2.12. The summed E-state index contributed by atoms with van der Waals surface area (Å²) < 4.78 is 13.5. The molecule has 0 radical (unpaired) electrons. The van der Waals surface area contributed by atoms with Crippen molar-refractivity contribution in [3.05, 3.63) is 33.9 Å². The van der Waals surface area contributed by atoms with Gasteiger partial charge in [-0.25, -0.2) is 9.37 Å². The molecule has 1 heterocycles. The summed E-state index contributed by atoms with van der Waals surface area (Å²) in [6.07, 6.45) is 1.72. The molecule has 0 saturated carbocycles. The summed E-state index contributed by atoms with van der Waals surface area (Å²) in [5.74, 6) is -0.601. The molecule has 0 bridgehead atoms. The smallest absolute Gasteiger partial charge is 0.260 e. The molecule has 16 heavy (non-hydrogen) atoms. The number of aromatic amines is 1. The van der Waals surface area contributed by atoms with Gasteiger partial charge < -0.3 is 4.98 Å². The molecule has 0 atom stereocenters. The molecule has 1 aromatic heterocycles. The first-order valence-electron chi connectivity index (χ1n) is 4.34. The van der Waals surface area contributed by atoms with Gasteiger partial charge in [0.25, 0.3) is 5.56 Å². The quantitative estimate of drug-likeness (QED) is 0.602. The maximum atomic E-state index is 13.5. The summed E-state index contributed by atoms with van der Waals surface area (Å²) in [4.78, 5) is 18.1. The Morgan fingerprint density at radius 1 is 1.56 bits per heavy atom. The number of hydrogen-bond donors (Lipinski definition) is 1. The molecule has 80 valence electrons. The van der Waals surface area contributed by atoms with Gasteiger partial charge >= 0.3 is 0 Å². The first kappa shape index (κ1) is 10.6. The van der Waals surface area contributed by atoms with Gasteiger partial charge in [-0.3, -0.25) is 4.79 Å². The van der Waals surface area contributed by atoms with E-state index in [0.29, 0.717) is 5.16 Å². The monoisotopic (exact) mass is 235 g/mol. The molecule has 0 aliphatic rings. The van der Waals surface area contributed by atoms with Crippen LogP contribution < -0.4 is 5.56 Å². The minimum Gasteiger partial charge on any atom is -0.301 e. The summed E-state index contributed by atoms with van der Waals surface area (Å²) in [6.45, 7) is 0.